The van der Waals surface area contributed by atoms with Gasteiger partial charge in [0.2, 0.25) is 11.9 Å². The third kappa shape index (κ3) is 4.95. The van der Waals surface area contributed by atoms with Gasteiger partial charge in [0.05, 0.1) is 14.1 Å². The Morgan fingerprint density at radius 1 is 0.727 bits per heavy atom. The molecule has 0 aliphatic heterocycles. The maximum Gasteiger partial charge on any atom is 0.329 e. The summed E-state index contributed by atoms with van der Waals surface area (Å²) < 4.78 is 6.83. The molecule has 0 bridgehead atoms. The summed E-state index contributed by atoms with van der Waals surface area (Å²) in [5, 5.41) is 0. The van der Waals surface area contributed by atoms with E-state index in [0.717, 1.165) is 25.0 Å². The molecule has 0 aliphatic carbocycles. The molecule has 0 rings (SSSR count). The van der Waals surface area contributed by atoms with Crippen LogP contribution in [0, 0.1) is 0 Å². The molecule has 0 aromatic carbocycles. The van der Waals surface area contributed by atoms with E-state index in [-0.39, 0.29) is 11.5 Å². The fourth-order valence-corrected chi connectivity index (χ4v) is 4.68. The topological polar surface area (TPSA) is 40.9 Å². The lowest BCUT2D eigenvalue weighted by Crippen LogP contribution is -2.58. The van der Waals surface area contributed by atoms with Crippen molar-refractivity contribution >= 4 is 23.4 Å². The van der Waals surface area contributed by atoms with E-state index in [1.54, 1.807) is 0 Å². The van der Waals surface area contributed by atoms with Crippen molar-refractivity contribution in [2.45, 2.75) is 13.8 Å². The second-order valence-electron chi connectivity index (χ2n) is 5.19. The zero-order valence-electron chi connectivity index (χ0n) is 16.0. The van der Waals surface area contributed by atoms with Gasteiger partial charge in [-0.2, -0.15) is 0 Å². The average Bonchev–Trinajstić information content (AvgIpc) is 2.44. The standard InChI is InChI=1S/C14H34N7S/c1-11-21(12-2)22(19(9)13(15-3)17(5)6)20(10)14(16-4)18(7)8/h11-12H2,1-10H3/q+1. The molecule has 0 spiro atoms. The zero-order chi connectivity index (χ0) is 17.4. The minimum Gasteiger partial charge on any atom is -0.346 e. The first-order valence-corrected chi connectivity index (χ1v) is 8.61. The highest BCUT2D eigenvalue weighted by molar-refractivity contribution is 7.91. The molecule has 0 N–H and O–H groups in total. The molecule has 0 aromatic rings. The van der Waals surface area contributed by atoms with Crippen LogP contribution in [0.25, 0.3) is 0 Å². The van der Waals surface area contributed by atoms with Gasteiger partial charge in [-0.05, 0) is 13.8 Å². The molecular formula is C14H34N7S+. The molecule has 130 valence electrons. The monoisotopic (exact) mass is 332 g/mol. The number of hydrogen-bond donors (Lipinski definition) is 0. The minimum absolute atomic E-state index is 0.298. The zero-order valence-corrected chi connectivity index (χ0v) is 16.8. The van der Waals surface area contributed by atoms with Gasteiger partial charge in [0.25, 0.3) is 0 Å². The van der Waals surface area contributed by atoms with Crippen molar-refractivity contribution in [3.63, 3.8) is 0 Å². The Balaban J connectivity index is 5.74. The number of aliphatic imine (C=N–C) groups is 2. The van der Waals surface area contributed by atoms with Crippen LogP contribution in [-0.2, 0) is 11.5 Å². The second kappa shape index (κ2) is 9.78. The van der Waals surface area contributed by atoms with E-state index in [1.807, 2.05) is 52.1 Å². The highest BCUT2D eigenvalue weighted by atomic mass is 32.2. The third-order valence-corrected chi connectivity index (χ3v) is 5.47. The molecule has 0 unspecified atom stereocenters. The SMILES string of the molecule is CCN(CC)[S+](N(C)C(=NC)N(C)C)N(C)C(=NC)N(C)C. The quantitative estimate of drug-likeness (QED) is 0.420. The lowest BCUT2D eigenvalue weighted by molar-refractivity contribution is 0.440. The van der Waals surface area contributed by atoms with Crippen molar-refractivity contribution in [3.8, 4) is 0 Å². The van der Waals surface area contributed by atoms with Crippen LogP contribution in [0.4, 0.5) is 0 Å². The Kier molecular flexibility index (Phi) is 9.27. The number of guanidine groups is 2. The molecular weight excluding hydrogens is 298 g/mol. The lowest BCUT2D eigenvalue weighted by Gasteiger charge is -2.33. The van der Waals surface area contributed by atoms with Crippen LogP contribution < -0.4 is 0 Å². The molecule has 0 aromatic heterocycles. The Hall–Kier alpha value is -1.15. The summed E-state index contributed by atoms with van der Waals surface area (Å²) in [7, 11) is 15.9. The highest BCUT2D eigenvalue weighted by Crippen LogP contribution is 2.17. The molecule has 0 saturated carbocycles. The van der Waals surface area contributed by atoms with Gasteiger partial charge >= 0.3 is 11.5 Å². The maximum absolute atomic E-state index is 4.44. The molecule has 0 fully saturated rings. The minimum atomic E-state index is -0.298. The Labute approximate surface area is 140 Å². The van der Waals surface area contributed by atoms with Crippen LogP contribution in [-0.4, -0.2) is 104 Å². The predicted octanol–water partition coefficient (Wildman–Crippen LogP) is 0.650. The molecule has 0 amide bonds. The lowest BCUT2D eigenvalue weighted by atomic mass is 10.7. The van der Waals surface area contributed by atoms with Crippen LogP contribution in [0.1, 0.15) is 13.8 Å². The Bertz CT molecular complexity index is 347. The first kappa shape index (κ1) is 20.9. The van der Waals surface area contributed by atoms with Crippen molar-refractivity contribution in [3.05, 3.63) is 0 Å². The van der Waals surface area contributed by atoms with Crippen LogP contribution in [0.5, 0.6) is 0 Å². The summed E-state index contributed by atoms with van der Waals surface area (Å²) >= 11 is -0.298. The number of nitrogens with zero attached hydrogens (tertiary/aromatic N) is 7. The summed E-state index contributed by atoms with van der Waals surface area (Å²) in [6.07, 6.45) is 0. The van der Waals surface area contributed by atoms with Crippen molar-refractivity contribution in [2.24, 2.45) is 9.98 Å². The molecule has 0 heterocycles. The van der Waals surface area contributed by atoms with Crippen molar-refractivity contribution in [1.29, 1.82) is 0 Å². The Morgan fingerprint density at radius 2 is 1.05 bits per heavy atom. The summed E-state index contributed by atoms with van der Waals surface area (Å²) in [6.45, 7) is 6.29. The van der Waals surface area contributed by atoms with Crippen molar-refractivity contribution in [1.82, 2.24) is 22.7 Å². The van der Waals surface area contributed by atoms with Gasteiger partial charge in [0.15, 0.2) is 0 Å². The van der Waals surface area contributed by atoms with Gasteiger partial charge in [-0.25, -0.2) is 0 Å². The molecule has 7 nitrogen and oxygen atoms in total. The van der Waals surface area contributed by atoms with Gasteiger partial charge in [-0.1, -0.05) is 4.31 Å². The second-order valence-corrected chi connectivity index (χ2v) is 7.29. The molecule has 22 heavy (non-hydrogen) atoms. The Morgan fingerprint density at radius 3 is 1.23 bits per heavy atom. The molecule has 8 heteroatoms. The third-order valence-electron chi connectivity index (χ3n) is 3.19. The molecule has 0 radical (unpaired) electrons. The van der Waals surface area contributed by atoms with Gasteiger partial charge in [-0.3, -0.25) is 9.98 Å². The van der Waals surface area contributed by atoms with E-state index in [4.69, 9.17) is 0 Å². The molecule has 0 atom stereocenters. The van der Waals surface area contributed by atoms with Crippen LogP contribution in [0.15, 0.2) is 9.98 Å². The van der Waals surface area contributed by atoms with Crippen molar-refractivity contribution in [2.75, 3.05) is 69.5 Å². The van der Waals surface area contributed by atoms with Crippen LogP contribution in [0.2, 0.25) is 0 Å². The number of rotatable bonds is 5. The molecule has 0 saturated heterocycles. The fraction of sp³-hybridized carbons (Fsp3) is 0.857. The van der Waals surface area contributed by atoms with Crippen molar-refractivity contribution < 1.29 is 0 Å². The van der Waals surface area contributed by atoms with E-state index in [9.17, 15) is 0 Å². The summed E-state index contributed by atoms with van der Waals surface area (Å²) in [5.41, 5.74) is 0. The van der Waals surface area contributed by atoms with Gasteiger partial charge in [-0.15, -0.1) is 8.61 Å². The van der Waals surface area contributed by atoms with E-state index >= 15 is 0 Å². The first-order chi connectivity index (χ1) is 10.3. The van der Waals surface area contributed by atoms with Crippen LogP contribution >= 0.6 is 0 Å². The van der Waals surface area contributed by atoms with E-state index < -0.39 is 0 Å². The highest BCUT2D eigenvalue weighted by Gasteiger charge is 2.43. The summed E-state index contributed by atoms with van der Waals surface area (Å²) in [6, 6.07) is 0. The average molecular weight is 333 g/mol. The summed E-state index contributed by atoms with van der Waals surface area (Å²) in [4.78, 5) is 13.0. The van der Waals surface area contributed by atoms with E-state index in [0.29, 0.717) is 0 Å². The molecule has 0 aliphatic rings. The van der Waals surface area contributed by atoms with Gasteiger partial charge in [0.1, 0.15) is 0 Å². The smallest absolute Gasteiger partial charge is 0.329 e. The summed E-state index contributed by atoms with van der Waals surface area (Å²) in [5.74, 6) is 1.88. The normalized spacial score (nSPS) is 14.1. The van der Waals surface area contributed by atoms with Crippen LogP contribution in [0.3, 0.4) is 0 Å². The predicted molar refractivity (Wildman–Crippen MR) is 99.9 cm³/mol. The number of hydrogen-bond acceptors (Lipinski definition) is 3. The fourth-order valence-electron chi connectivity index (χ4n) is 2.38. The van der Waals surface area contributed by atoms with E-state index in [2.05, 4.69) is 50.8 Å². The van der Waals surface area contributed by atoms with Gasteiger partial charge in [0, 0.05) is 55.4 Å². The van der Waals surface area contributed by atoms with E-state index in [1.165, 1.54) is 0 Å². The largest absolute Gasteiger partial charge is 0.346 e. The van der Waals surface area contributed by atoms with Gasteiger partial charge < -0.3 is 9.80 Å². The first-order valence-electron chi connectivity index (χ1n) is 7.51. The maximum atomic E-state index is 4.44.